The number of nitrogens with zero attached hydrogens (tertiary/aromatic N) is 3. The SMILES string of the molecule is O=c1c2ccccc2nc(Sc2ccc(Br)cc2)n1-c1ccc(S(=O)(=O)Nc2ccccn2)cc1. The van der Waals surface area contributed by atoms with E-state index in [0.717, 1.165) is 9.37 Å². The molecule has 2 heterocycles. The Kier molecular flexibility index (Phi) is 6.42. The van der Waals surface area contributed by atoms with Crippen LogP contribution in [0.25, 0.3) is 16.6 Å². The van der Waals surface area contributed by atoms with E-state index in [-0.39, 0.29) is 16.3 Å². The molecule has 0 spiro atoms. The van der Waals surface area contributed by atoms with Crippen LogP contribution in [0.4, 0.5) is 5.82 Å². The van der Waals surface area contributed by atoms with Gasteiger partial charge in [-0.1, -0.05) is 45.9 Å². The van der Waals surface area contributed by atoms with E-state index in [0.29, 0.717) is 21.7 Å². The van der Waals surface area contributed by atoms with E-state index in [1.807, 2.05) is 30.3 Å². The Morgan fingerprint density at radius 1 is 0.857 bits per heavy atom. The van der Waals surface area contributed by atoms with Gasteiger partial charge in [0, 0.05) is 15.6 Å². The Hall–Kier alpha value is -3.47. The minimum Gasteiger partial charge on any atom is -0.268 e. The van der Waals surface area contributed by atoms with Crippen molar-refractivity contribution in [3.05, 3.63) is 112 Å². The van der Waals surface area contributed by atoms with Crippen molar-refractivity contribution in [1.29, 1.82) is 0 Å². The number of anilines is 1. The molecule has 7 nitrogen and oxygen atoms in total. The maximum absolute atomic E-state index is 13.5. The number of hydrogen-bond acceptors (Lipinski definition) is 6. The van der Waals surface area contributed by atoms with Crippen molar-refractivity contribution < 1.29 is 8.42 Å². The number of halogens is 1. The maximum Gasteiger partial charge on any atom is 0.266 e. The van der Waals surface area contributed by atoms with Crippen LogP contribution in [0.1, 0.15) is 0 Å². The fourth-order valence-electron chi connectivity index (χ4n) is 3.41. The van der Waals surface area contributed by atoms with Crippen LogP contribution >= 0.6 is 27.7 Å². The highest BCUT2D eigenvalue weighted by atomic mass is 79.9. The first kappa shape index (κ1) is 23.3. The van der Waals surface area contributed by atoms with Gasteiger partial charge in [-0.15, -0.1) is 0 Å². The van der Waals surface area contributed by atoms with Gasteiger partial charge in [0.05, 0.1) is 21.5 Å². The van der Waals surface area contributed by atoms with Crippen LogP contribution in [0.15, 0.2) is 121 Å². The number of rotatable bonds is 6. The third kappa shape index (κ3) is 5.00. The first-order valence-electron chi connectivity index (χ1n) is 10.4. The summed E-state index contributed by atoms with van der Waals surface area (Å²) < 4.78 is 30.5. The van der Waals surface area contributed by atoms with E-state index in [1.165, 1.54) is 34.7 Å². The summed E-state index contributed by atoms with van der Waals surface area (Å²) in [5.41, 5.74) is 0.856. The Labute approximate surface area is 214 Å². The molecule has 0 amide bonds. The number of hydrogen-bond donors (Lipinski definition) is 1. The zero-order valence-corrected chi connectivity index (χ0v) is 21.2. The molecule has 0 unspecified atom stereocenters. The Balaban J connectivity index is 1.57. The molecule has 0 saturated carbocycles. The Morgan fingerprint density at radius 2 is 1.57 bits per heavy atom. The highest BCUT2D eigenvalue weighted by Gasteiger charge is 2.17. The van der Waals surface area contributed by atoms with E-state index < -0.39 is 10.0 Å². The van der Waals surface area contributed by atoms with E-state index in [1.54, 1.807) is 48.5 Å². The van der Waals surface area contributed by atoms with E-state index in [2.05, 4.69) is 25.6 Å². The van der Waals surface area contributed by atoms with Gasteiger partial charge in [0.1, 0.15) is 5.82 Å². The number of nitrogens with one attached hydrogen (secondary N) is 1. The van der Waals surface area contributed by atoms with Crippen LogP contribution in [0.2, 0.25) is 0 Å². The Bertz CT molecular complexity index is 1670. The second-order valence-corrected chi connectivity index (χ2v) is 11.1. The van der Waals surface area contributed by atoms with Crippen molar-refractivity contribution in [2.45, 2.75) is 14.9 Å². The van der Waals surface area contributed by atoms with Gasteiger partial charge in [-0.3, -0.25) is 14.1 Å². The van der Waals surface area contributed by atoms with Crippen molar-refractivity contribution in [2.24, 2.45) is 0 Å². The normalized spacial score (nSPS) is 11.5. The van der Waals surface area contributed by atoms with Crippen LogP contribution in [0, 0.1) is 0 Å². The molecule has 2 aromatic heterocycles. The van der Waals surface area contributed by atoms with Gasteiger partial charge in [0.15, 0.2) is 5.16 Å². The lowest BCUT2D eigenvalue weighted by atomic mass is 10.2. The molecule has 0 bridgehead atoms. The van der Waals surface area contributed by atoms with Crippen LogP contribution in [-0.4, -0.2) is 23.0 Å². The fourth-order valence-corrected chi connectivity index (χ4v) is 5.59. The summed E-state index contributed by atoms with van der Waals surface area (Å²) in [5, 5.41) is 0.944. The highest BCUT2D eigenvalue weighted by molar-refractivity contribution is 9.10. The average Bonchev–Trinajstić information content (AvgIpc) is 2.86. The molecular weight excluding hydrogens is 548 g/mol. The van der Waals surface area contributed by atoms with Crippen molar-refractivity contribution in [2.75, 3.05) is 4.72 Å². The zero-order valence-electron chi connectivity index (χ0n) is 18.0. The molecule has 5 rings (SSSR count). The number of para-hydroxylation sites is 1. The predicted octanol–water partition coefficient (Wildman–Crippen LogP) is 5.50. The summed E-state index contributed by atoms with van der Waals surface area (Å²) in [7, 11) is -3.84. The summed E-state index contributed by atoms with van der Waals surface area (Å²) in [4.78, 5) is 23.2. The fraction of sp³-hybridized carbons (Fsp3) is 0. The van der Waals surface area contributed by atoms with Crippen LogP contribution in [0.3, 0.4) is 0 Å². The predicted molar refractivity (Wildman–Crippen MR) is 141 cm³/mol. The van der Waals surface area contributed by atoms with Gasteiger partial charge in [-0.2, -0.15) is 0 Å². The van der Waals surface area contributed by atoms with Crippen molar-refractivity contribution in [1.82, 2.24) is 14.5 Å². The highest BCUT2D eigenvalue weighted by Crippen LogP contribution is 2.29. The molecule has 0 atom stereocenters. The van der Waals surface area contributed by atoms with Crippen LogP contribution in [0.5, 0.6) is 0 Å². The van der Waals surface area contributed by atoms with Crippen LogP contribution < -0.4 is 10.3 Å². The van der Waals surface area contributed by atoms with Gasteiger partial charge in [-0.05, 0) is 72.8 Å². The molecule has 10 heteroatoms. The molecular formula is C25H17BrN4O3S2. The topological polar surface area (TPSA) is 94.0 Å². The molecule has 1 N–H and O–H groups in total. The molecule has 174 valence electrons. The average molecular weight is 565 g/mol. The molecule has 5 aromatic rings. The van der Waals surface area contributed by atoms with E-state index in [9.17, 15) is 13.2 Å². The van der Waals surface area contributed by atoms with Crippen LogP contribution in [-0.2, 0) is 10.0 Å². The quantitative estimate of drug-likeness (QED) is 0.274. The lowest BCUT2D eigenvalue weighted by molar-refractivity contribution is 0.601. The third-order valence-electron chi connectivity index (χ3n) is 5.08. The van der Waals surface area contributed by atoms with Gasteiger partial charge >= 0.3 is 0 Å². The summed E-state index contributed by atoms with van der Waals surface area (Å²) in [6.07, 6.45) is 1.50. The first-order valence-corrected chi connectivity index (χ1v) is 13.5. The zero-order chi connectivity index (χ0) is 24.4. The van der Waals surface area contributed by atoms with Gasteiger partial charge in [-0.25, -0.2) is 18.4 Å². The lowest BCUT2D eigenvalue weighted by Crippen LogP contribution is -2.22. The monoisotopic (exact) mass is 564 g/mol. The molecule has 35 heavy (non-hydrogen) atoms. The van der Waals surface area contributed by atoms with Gasteiger partial charge < -0.3 is 0 Å². The van der Waals surface area contributed by atoms with Gasteiger partial charge in [0.2, 0.25) is 0 Å². The number of pyridine rings is 1. The lowest BCUT2D eigenvalue weighted by Gasteiger charge is -2.14. The van der Waals surface area contributed by atoms with Crippen molar-refractivity contribution >= 4 is 54.4 Å². The molecule has 0 aliphatic rings. The molecule has 0 saturated heterocycles. The number of benzene rings is 3. The third-order valence-corrected chi connectivity index (χ3v) is 7.94. The van der Waals surface area contributed by atoms with Gasteiger partial charge in [0.25, 0.3) is 15.6 Å². The molecule has 0 fully saturated rings. The number of fused-ring (bicyclic) bond motifs is 1. The Morgan fingerprint density at radius 3 is 2.29 bits per heavy atom. The minimum absolute atomic E-state index is 0.0517. The summed E-state index contributed by atoms with van der Waals surface area (Å²) >= 11 is 4.78. The molecule has 3 aromatic carbocycles. The maximum atomic E-state index is 13.5. The second kappa shape index (κ2) is 9.65. The summed E-state index contributed by atoms with van der Waals surface area (Å²) in [5.74, 6) is 0.222. The standard InChI is InChI=1S/C25H17BrN4O3S2/c26-17-8-12-19(13-9-17)34-25-28-22-6-2-1-5-21(22)24(31)30(25)18-10-14-20(15-11-18)35(32,33)29-23-7-3-4-16-27-23/h1-16H,(H,27,29). The number of sulfonamides is 1. The van der Waals surface area contributed by atoms with E-state index >= 15 is 0 Å². The summed E-state index contributed by atoms with van der Waals surface area (Å²) in [6.45, 7) is 0. The molecule has 0 aliphatic heterocycles. The van der Waals surface area contributed by atoms with Crippen molar-refractivity contribution in [3.63, 3.8) is 0 Å². The first-order chi connectivity index (χ1) is 16.9. The second-order valence-electron chi connectivity index (χ2n) is 7.42. The summed E-state index contributed by atoms with van der Waals surface area (Å²) in [6, 6.07) is 25.9. The smallest absolute Gasteiger partial charge is 0.266 e. The van der Waals surface area contributed by atoms with E-state index in [4.69, 9.17) is 4.98 Å². The molecule has 0 aliphatic carbocycles. The number of aromatic nitrogens is 3. The minimum atomic E-state index is -3.84. The molecule has 0 radical (unpaired) electrons. The van der Waals surface area contributed by atoms with Crippen molar-refractivity contribution in [3.8, 4) is 5.69 Å². The largest absolute Gasteiger partial charge is 0.268 e.